The van der Waals surface area contributed by atoms with Crippen molar-refractivity contribution in [1.29, 1.82) is 0 Å². The molecule has 11 rings (SSSR count). The van der Waals surface area contributed by atoms with Gasteiger partial charge in [0.15, 0.2) is 8.07 Å². The molecule has 0 spiro atoms. The van der Waals surface area contributed by atoms with E-state index in [1.807, 2.05) is 0 Å². The first-order valence-corrected chi connectivity index (χ1v) is 21.7. The van der Waals surface area contributed by atoms with Crippen molar-refractivity contribution in [1.82, 2.24) is 9.13 Å². The number of benzene rings is 9. The molecule has 9 aromatic carbocycles. The zero-order valence-corrected chi connectivity index (χ0v) is 32.3. The Morgan fingerprint density at radius 1 is 0.281 bits per heavy atom. The van der Waals surface area contributed by atoms with E-state index in [4.69, 9.17) is 0 Å². The zero-order chi connectivity index (χ0) is 37.8. The molecule has 11 aromatic rings. The van der Waals surface area contributed by atoms with Gasteiger partial charge in [-0.3, -0.25) is 0 Å². The normalized spacial score (nSPS) is 11.9. The van der Waals surface area contributed by atoms with E-state index in [0.717, 1.165) is 5.69 Å². The standard InChI is InChI=1S/C54H38N2Si/c1-5-20-41(21-6-1)55-50-32-15-14-30-47(50)49-38-40(35-36-52(49)55)39-19-17-28-45(37-39)57(43-24-9-3-10-25-43,44-26-11-4-12-27-44)53-34-18-31-48-46-29-13-16-33-51(46)56(54(48)53)42-22-7-2-8-23-42/h1-38H. The topological polar surface area (TPSA) is 9.86 Å². The summed E-state index contributed by atoms with van der Waals surface area (Å²) in [5.41, 5.74) is 9.66. The van der Waals surface area contributed by atoms with Gasteiger partial charge in [0.25, 0.3) is 0 Å². The van der Waals surface area contributed by atoms with E-state index in [2.05, 4.69) is 240 Å². The van der Waals surface area contributed by atoms with E-state index >= 15 is 0 Å². The number of para-hydroxylation sites is 5. The lowest BCUT2D eigenvalue weighted by Gasteiger charge is -2.35. The van der Waals surface area contributed by atoms with Crippen LogP contribution in [0, 0.1) is 0 Å². The highest BCUT2D eigenvalue weighted by Gasteiger charge is 2.43. The van der Waals surface area contributed by atoms with Crippen molar-refractivity contribution < 1.29 is 0 Å². The lowest BCUT2D eigenvalue weighted by Crippen LogP contribution is -2.75. The molecule has 57 heavy (non-hydrogen) atoms. The minimum absolute atomic E-state index is 1.16. The molecule has 2 heterocycles. The van der Waals surface area contributed by atoms with Gasteiger partial charge in [-0.25, -0.2) is 0 Å². The highest BCUT2D eigenvalue weighted by atomic mass is 28.3. The van der Waals surface area contributed by atoms with E-state index in [1.54, 1.807) is 0 Å². The first kappa shape index (κ1) is 33.2. The monoisotopic (exact) mass is 742 g/mol. The predicted molar refractivity (Wildman–Crippen MR) is 244 cm³/mol. The third-order valence-corrected chi connectivity index (χ3v) is 16.6. The molecule has 0 aliphatic rings. The van der Waals surface area contributed by atoms with E-state index in [1.165, 1.54) is 81.2 Å². The first-order chi connectivity index (χ1) is 28.3. The minimum atomic E-state index is -3.02. The van der Waals surface area contributed by atoms with Crippen LogP contribution >= 0.6 is 0 Å². The molecular weight excluding hydrogens is 705 g/mol. The van der Waals surface area contributed by atoms with Gasteiger partial charge in [-0.15, -0.1) is 0 Å². The van der Waals surface area contributed by atoms with Crippen molar-refractivity contribution in [3.8, 4) is 22.5 Å². The summed E-state index contributed by atoms with van der Waals surface area (Å²) in [6.07, 6.45) is 0. The van der Waals surface area contributed by atoms with Gasteiger partial charge in [-0.1, -0.05) is 182 Å². The smallest absolute Gasteiger partial charge is 0.181 e. The molecule has 0 aliphatic heterocycles. The van der Waals surface area contributed by atoms with Gasteiger partial charge in [0, 0.05) is 32.9 Å². The average Bonchev–Trinajstić information content (AvgIpc) is 3.81. The van der Waals surface area contributed by atoms with E-state index < -0.39 is 8.07 Å². The summed E-state index contributed by atoms with van der Waals surface area (Å²) in [6.45, 7) is 0. The van der Waals surface area contributed by atoms with Crippen molar-refractivity contribution in [2.24, 2.45) is 0 Å². The Kier molecular flexibility index (Phi) is 7.87. The molecule has 0 radical (unpaired) electrons. The number of rotatable bonds is 7. The molecular formula is C54H38N2Si. The maximum absolute atomic E-state index is 3.02. The molecule has 2 nitrogen and oxygen atoms in total. The van der Waals surface area contributed by atoms with Crippen LogP contribution in [-0.4, -0.2) is 17.2 Å². The highest BCUT2D eigenvalue weighted by Crippen LogP contribution is 2.36. The van der Waals surface area contributed by atoms with Crippen molar-refractivity contribution in [2.45, 2.75) is 0 Å². The number of fused-ring (bicyclic) bond motifs is 6. The second kappa shape index (κ2) is 13.5. The molecule has 0 fully saturated rings. The van der Waals surface area contributed by atoms with Crippen LogP contribution < -0.4 is 20.7 Å². The number of hydrogen-bond donors (Lipinski definition) is 0. The van der Waals surface area contributed by atoms with Crippen molar-refractivity contribution >= 4 is 72.4 Å². The van der Waals surface area contributed by atoms with E-state index in [0.29, 0.717) is 0 Å². The SMILES string of the molecule is c1ccc(-n2c3ccccc3c3cc(-c4cccc([Si](c5ccccc5)(c5ccccc5)c5cccc6c7ccccc7n(-c7ccccc7)c56)c4)ccc32)cc1. The molecule has 0 unspecified atom stereocenters. The lowest BCUT2D eigenvalue weighted by molar-refractivity contribution is 1.18. The third-order valence-electron chi connectivity index (χ3n) is 11.8. The number of hydrogen-bond acceptors (Lipinski definition) is 0. The fourth-order valence-electron chi connectivity index (χ4n) is 9.45. The summed E-state index contributed by atoms with van der Waals surface area (Å²) in [5.74, 6) is 0. The molecule has 2 aromatic heterocycles. The third kappa shape index (κ3) is 5.17. The first-order valence-electron chi connectivity index (χ1n) is 19.7. The Morgan fingerprint density at radius 2 is 0.737 bits per heavy atom. The van der Waals surface area contributed by atoms with Gasteiger partial charge < -0.3 is 9.13 Å². The fraction of sp³-hybridized carbons (Fsp3) is 0. The maximum atomic E-state index is 2.51. The molecule has 268 valence electrons. The van der Waals surface area contributed by atoms with Crippen molar-refractivity contribution in [3.63, 3.8) is 0 Å². The Balaban J connectivity index is 1.22. The van der Waals surface area contributed by atoms with Gasteiger partial charge in [0.2, 0.25) is 0 Å². The summed E-state index contributed by atoms with van der Waals surface area (Å²) in [7, 11) is -3.02. The molecule has 0 saturated carbocycles. The Bertz CT molecular complexity index is 3180. The quantitative estimate of drug-likeness (QED) is 0.114. The van der Waals surface area contributed by atoms with Gasteiger partial charge >= 0.3 is 0 Å². The van der Waals surface area contributed by atoms with Crippen LogP contribution in [0.2, 0.25) is 0 Å². The molecule has 0 N–H and O–H groups in total. The minimum Gasteiger partial charge on any atom is -0.309 e. The van der Waals surface area contributed by atoms with Gasteiger partial charge in [-0.05, 0) is 80.4 Å². The van der Waals surface area contributed by atoms with Crippen LogP contribution in [0.3, 0.4) is 0 Å². The summed E-state index contributed by atoms with van der Waals surface area (Å²) in [6, 6.07) is 85.4. The number of aromatic nitrogens is 2. The van der Waals surface area contributed by atoms with Crippen molar-refractivity contribution in [3.05, 3.63) is 231 Å². The molecule has 3 heteroatoms. The maximum Gasteiger partial charge on any atom is 0.181 e. The summed E-state index contributed by atoms with van der Waals surface area (Å²) < 4.78 is 4.90. The number of nitrogens with zero attached hydrogens (tertiary/aromatic N) is 2. The fourth-order valence-corrected chi connectivity index (χ4v) is 14.4. The Morgan fingerprint density at radius 3 is 1.39 bits per heavy atom. The van der Waals surface area contributed by atoms with Crippen LogP contribution in [0.4, 0.5) is 0 Å². The summed E-state index contributed by atoms with van der Waals surface area (Å²) in [4.78, 5) is 0. The molecule has 0 bridgehead atoms. The molecule has 0 amide bonds. The zero-order valence-electron chi connectivity index (χ0n) is 31.3. The van der Waals surface area contributed by atoms with Crippen LogP contribution in [0.15, 0.2) is 231 Å². The van der Waals surface area contributed by atoms with Crippen LogP contribution in [0.1, 0.15) is 0 Å². The summed E-state index contributed by atoms with van der Waals surface area (Å²) >= 11 is 0. The largest absolute Gasteiger partial charge is 0.309 e. The van der Waals surface area contributed by atoms with Crippen LogP contribution in [-0.2, 0) is 0 Å². The van der Waals surface area contributed by atoms with Gasteiger partial charge in [0.1, 0.15) is 0 Å². The summed E-state index contributed by atoms with van der Waals surface area (Å²) in [5, 5.41) is 10.5. The average molecular weight is 743 g/mol. The molecule has 0 aliphatic carbocycles. The van der Waals surface area contributed by atoms with Crippen molar-refractivity contribution in [2.75, 3.05) is 0 Å². The second-order valence-electron chi connectivity index (χ2n) is 14.9. The Hall–Kier alpha value is -7.20. The molecule has 0 saturated heterocycles. The van der Waals surface area contributed by atoms with E-state index in [-0.39, 0.29) is 0 Å². The molecule has 0 atom stereocenters. The predicted octanol–water partition coefficient (Wildman–Crippen LogP) is 10.9. The highest BCUT2D eigenvalue weighted by molar-refractivity contribution is 7.20. The van der Waals surface area contributed by atoms with Crippen LogP contribution in [0.5, 0.6) is 0 Å². The van der Waals surface area contributed by atoms with Gasteiger partial charge in [0.05, 0.1) is 22.1 Å². The lowest BCUT2D eigenvalue weighted by atomic mass is 10.0. The second-order valence-corrected chi connectivity index (χ2v) is 18.6. The van der Waals surface area contributed by atoms with E-state index in [9.17, 15) is 0 Å². The van der Waals surface area contributed by atoms with Gasteiger partial charge in [-0.2, -0.15) is 0 Å². The van der Waals surface area contributed by atoms with Crippen LogP contribution in [0.25, 0.3) is 66.1 Å². The Labute approximate surface area is 333 Å².